The summed E-state index contributed by atoms with van der Waals surface area (Å²) in [6, 6.07) is 0. The Labute approximate surface area is 153 Å². The van der Waals surface area contributed by atoms with Gasteiger partial charge in [0.1, 0.15) is 11.9 Å². The maximum absolute atomic E-state index is 12.5. The second-order valence-corrected chi connectivity index (χ2v) is 7.10. The molecule has 1 fully saturated rings. The highest BCUT2D eigenvalue weighted by molar-refractivity contribution is 7.80. The van der Waals surface area contributed by atoms with Crippen LogP contribution in [0, 0.1) is 5.41 Å². The molecule has 8 nitrogen and oxygen atoms in total. The topological polar surface area (TPSA) is 103 Å². The van der Waals surface area contributed by atoms with Crippen molar-refractivity contribution >= 4 is 30.2 Å². The summed E-state index contributed by atoms with van der Waals surface area (Å²) in [5, 5.41) is 5.36. The van der Waals surface area contributed by atoms with E-state index in [0.29, 0.717) is 12.3 Å². The lowest BCUT2D eigenvalue weighted by Gasteiger charge is -2.46. The first-order chi connectivity index (χ1) is 11.7. The van der Waals surface area contributed by atoms with Gasteiger partial charge in [-0.1, -0.05) is 13.8 Å². The summed E-state index contributed by atoms with van der Waals surface area (Å²) in [6.07, 6.45) is -0.831. The molecule has 1 aliphatic heterocycles. The molecule has 0 aliphatic carbocycles. The van der Waals surface area contributed by atoms with Crippen molar-refractivity contribution < 1.29 is 28.6 Å². The van der Waals surface area contributed by atoms with E-state index in [1.807, 2.05) is 13.8 Å². The van der Waals surface area contributed by atoms with Crippen molar-refractivity contribution in [3.05, 3.63) is 0 Å². The van der Waals surface area contributed by atoms with Gasteiger partial charge in [-0.05, 0) is 6.92 Å². The van der Waals surface area contributed by atoms with E-state index in [1.165, 1.54) is 14.0 Å². The highest BCUT2D eigenvalue weighted by Gasteiger charge is 2.50. The minimum absolute atomic E-state index is 0.116. The fourth-order valence-corrected chi connectivity index (χ4v) is 2.52. The highest BCUT2D eigenvalue weighted by atomic mass is 32.1. The third-order valence-corrected chi connectivity index (χ3v) is 3.99. The highest BCUT2D eigenvalue weighted by Crippen LogP contribution is 2.37. The summed E-state index contributed by atoms with van der Waals surface area (Å²) in [6.45, 7) is 5.89. The number of ketones is 1. The van der Waals surface area contributed by atoms with Crippen LogP contribution in [0.25, 0.3) is 0 Å². The quantitative estimate of drug-likeness (QED) is 0.499. The van der Waals surface area contributed by atoms with Crippen LogP contribution < -0.4 is 10.6 Å². The van der Waals surface area contributed by atoms with E-state index in [2.05, 4.69) is 23.3 Å². The molecule has 9 heteroatoms. The molecule has 2 amide bonds. The Hall–Kier alpha value is -1.16. The van der Waals surface area contributed by atoms with E-state index in [4.69, 9.17) is 14.2 Å². The number of rotatable bonds is 9. The molecular weight excluding hydrogens is 348 g/mol. The van der Waals surface area contributed by atoms with Crippen molar-refractivity contribution in [1.29, 1.82) is 0 Å². The molecule has 0 aromatic rings. The lowest BCUT2D eigenvalue weighted by Crippen LogP contribution is -2.59. The standard InChI is InChI=1S/C16H28N2O6S/c1-11(19)9-16(22-4)23-10-15(2,3)13(24-16)14(21)18-6-5-12(20)17-7-8-25/h13,25H,5-10H2,1-4H3,(H,17,20)(H,18,21)/t13-,16?/m0/s1. The van der Waals surface area contributed by atoms with Crippen molar-refractivity contribution in [3.63, 3.8) is 0 Å². The van der Waals surface area contributed by atoms with Gasteiger partial charge in [0.2, 0.25) is 11.8 Å². The Balaban J connectivity index is 2.66. The van der Waals surface area contributed by atoms with E-state index < -0.39 is 17.5 Å². The van der Waals surface area contributed by atoms with Gasteiger partial charge >= 0.3 is 0 Å². The van der Waals surface area contributed by atoms with E-state index in [1.54, 1.807) is 0 Å². The van der Waals surface area contributed by atoms with Crippen molar-refractivity contribution in [2.75, 3.05) is 32.6 Å². The van der Waals surface area contributed by atoms with Crippen molar-refractivity contribution in [3.8, 4) is 0 Å². The van der Waals surface area contributed by atoms with Crippen LogP contribution in [0.15, 0.2) is 0 Å². The summed E-state index contributed by atoms with van der Waals surface area (Å²) in [4.78, 5) is 35.5. The Bertz CT molecular complexity index is 499. The normalized spacial score (nSPS) is 25.2. The van der Waals surface area contributed by atoms with Gasteiger partial charge in [-0.2, -0.15) is 12.6 Å². The van der Waals surface area contributed by atoms with Gasteiger partial charge in [0.25, 0.3) is 5.97 Å². The van der Waals surface area contributed by atoms with Gasteiger partial charge in [0.05, 0.1) is 13.0 Å². The molecule has 2 N–H and O–H groups in total. The van der Waals surface area contributed by atoms with Gasteiger partial charge in [0, 0.05) is 37.8 Å². The Morgan fingerprint density at radius 3 is 2.48 bits per heavy atom. The van der Waals surface area contributed by atoms with Crippen molar-refractivity contribution in [2.45, 2.75) is 45.7 Å². The number of hydrogen-bond acceptors (Lipinski definition) is 7. The molecule has 2 atom stereocenters. The summed E-state index contributed by atoms with van der Waals surface area (Å²) in [5.41, 5.74) is -0.614. The summed E-state index contributed by atoms with van der Waals surface area (Å²) in [5.74, 6) is -1.73. The van der Waals surface area contributed by atoms with Crippen LogP contribution in [0.4, 0.5) is 0 Å². The van der Waals surface area contributed by atoms with Crippen LogP contribution >= 0.6 is 12.6 Å². The zero-order valence-electron chi connectivity index (χ0n) is 15.2. The number of nitrogens with one attached hydrogen (secondary N) is 2. The molecule has 1 saturated heterocycles. The van der Waals surface area contributed by atoms with Crippen LogP contribution in [0.2, 0.25) is 0 Å². The molecule has 25 heavy (non-hydrogen) atoms. The lowest BCUT2D eigenvalue weighted by atomic mass is 9.85. The van der Waals surface area contributed by atoms with Crippen LogP contribution in [-0.4, -0.2) is 62.2 Å². The first-order valence-electron chi connectivity index (χ1n) is 8.17. The summed E-state index contributed by atoms with van der Waals surface area (Å²) >= 11 is 4.01. The maximum Gasteiger partial charge on any atom is 0.290 e. The zero-order valence-corrected chi connectivity index (χ0v) is 16.1. The largest absolute Gasteiger partial charge is 0.355 e. The fraction of sp³-hybridized carbons (Fsp3) is 0.812. The van der Waals surface area contributed by atoms with Gasteiger partial charge in [-0.25, -0.2) is 0 Å². The molecule has 0 aromatic heterocycles. The third kappa shape index (κ3) is 6.58. The number of amides is 2. The third-order valence-electron chi connectivity index (χ3n) is 3.77. The van der Waals surface area contributed by atoms with E-state index >= 15 is 0 Å². The molecule has 1 aliphatic rings. The minimum Gasteiger partial charge on any atom is -0.355 e. The summed E-state index contributed by atoms with van der Waals surface area (Å²) < 4.78 is 16.6. The predicted molar refractivity (Wildman–Crippen MR) is 94.1 cm³/mol. The molecule has 0 radical (unpaired) electrons. The van der Waals surface area contributed by atoms with Gasteiger partial charge in [-0.15, -0.1) is 0 Å². The van der Waals surface area contributed by atoms with E-state index in [9.17, 15) is 14.4 Å². The summed E-state index contributed by atoms with van der Waals surface area (Å²) in [7, 11) is 1.36. The van der Waals surface area contributed by atoms with Gasteiger partial charge in [-0.3, -0.25) is 14.4 Å². The lowest BCUT2D eigenvalue weighted by molar-refractivity contribution is -0.421. The molecule has 0 saturated carbocycles. The maximum atomic E-state index is 12.5. The minimum atomic E-state index is -1.56. The number of ether oxygens (including phenoxy) is 3. The average molecular weight is 376 g/mol. The van der Waals surface area contributed by atoms with E-state index in [0.717, 1.165) is 0 Å². The second-order valence-electron chi connectivity index (χ2n) is 6.66. The van der Waals surface area contributed by atoms with Crippen LogP contribution in [0.1, 0.15) is 33.6 Å². The van der Waals surface area contributed by atoms with Crippen molar-refractivity contribution in [1.82, 2.24) is 10.6 Å². The smallest absolute Gasteiger partial charge is 0.290 e. The first kappa shape index (κ1) is 21.9. The van der Waals surface area contributed by atoms with Crippen LogP contribution in [0.3, 0.4) is 0 Å². The number of methoxy groups -OCH3 is 1. The molecular formula is C16H28N2O6S. The number of Topliss-reactive ketones (excluding diaryl/α,β-unsaturated/α-hetero) is 1. The Kier molecular flexibility index (Phi) is 8.33. The number of carbonyl (C=O) groups excluding carboxylic acids is 3. The SMILES string of the molecule is COC1(CC(C)=O)OCC(C)(C)[C@H](C(=O)NCCC(=O)NCCS)O1. The van der Waals surface area contributed by atoms with Crippen molar-refractivity contribution in [2.24, 2.45) is 5.41 Å². The number of carbonyl (C=O) groups is 3. The Morgan fingerprint density at radius 2 is 1.92 bits per heavy atom. The molecule has 1 unspecified atom stereocenters. The van der Waals surface area contributed by atoms with E-state index in [-0.39, 0.29) is 43.6 Å². The Morgan fingerprint density at radius 1 is 1.24 bits per heavy atom. The zero-order chi connectivity index (χ0) is 19.1. The van der Waals surface area contributed by atoms with Crippen LogP contribution in [-0.2, 0) is 28.6 Å². The molecule has 0 spiro atoms. The molecule has 144 valence electrons. The second kappa shape index (κ2) is 9.51. The molecule has 0 aromatic carbocycles. The van der Waals surface area contributed by atoms with Crippen LogP contribution in [0.5, 0.6) is 0 Å². The first-order valence-corrected chi connectivity index (χ1v) is 8.80. The number of hydrogen-bond donors (Lipinski definition) is 3. The van der Waals surface area contributed by atoms with Gasteiger partial charge < -0.3 is 24.8 Å². The number of thiol groups is 1. The fourth-order valence-electron chi connectivity index (χ4n) is 2.41. The predicted octanol–water partition coefficient (Wildman–Crippen LogP) is 0.260. The monoisotopic (exact) mass is 376 g/mol. The molecule has 1 heterocycles. The molecule has 1 rings (SSSR count). The molecule has 0 bridgehead atoms. The van der Waals surface area contributed by atoms with Gasteiger partial charge in [0.15, 0.2) is 0 Å². The average Bonchev–Trinajstić information content (AvgIpc) is 2.54.